The van der Waals surface area contributed by atoms with E-state index in [0.717, 1.165) is 5.56 Å². The summed E-state index contributed by atoms with van der Waals surface area (Å²) in [4.78, 5) is 30.2. The van der Waals surface area contributed by atoms with Crippen molar-refractivity contribution in [3.05, 3.63) is 69.5 Å². The lowest BCUT2D eigenvalue weighted by molar-refractivity contribution is -0.384. The number of rotatable bonds is 4. The molecule has 0 aliphatic carbocycles. The number of non-ortho nitro benzene ring substituents is 1. The van der Waals surface area contributed by atoms with E-state index in [1.54, 1.807) is 12.1 Å². The van der Waals surface area contributed by atoms with Gasteiger partial charge in [-0.15, -0.1) is 0 Å². The summed E-state index contributed by atoms with van der Waals surface area (Å²) in [5.74, 6) is 0.361. The predicted molar refractivity (Wildman–Crippen MR) is 89.8 cm³/mol. The third-order valence-electron chi connectivity index (χ3n) is 3.84. The number of hydrogen-bond donors (Lipinski definition) is 2. The largest absolute Gasteiger partial charge is 0.342 e. The summed E-state index contributed by atoms with van der Waals surface area (Å²) in [6.45, 7) is 3.68. The number of nitrogens with zero attached hydrogens (tertiary/aromatic N) is 2. The lowest BCUT2D eigenvalue weighted by Gasteiger charge is -2.12. The minimum Gasteiger partial charge on any atom is -0.342 e. The molecule has 0 radical (unpaired) electrons. The zero-order chi connectivity index (χ0) is 17.3. The maximum Gasteiger partial charge on any atom is 0.271 e. The molecule has 2 aromatic carbocycles. The molecule has 0 spiro atoms. The summed E-state index contributed by atoms with van der Waals surface area (Å²) >= 11 is 0. The minimum atomic E-state index is -0.455. The maximum atomic E-state index is 12.4. The Morgan fingerprint density at radius 1 is 1.29 bits per heavy atom. The Bertz CT molecular complexity index is 932. The number of nitro groups is 1. The molecule has 0 saturated heterocycles. The molecule has 1 amide bonds. The highest BCUT2D eigenvalue weighted by atomic mass is 16.6. The fraction of sp³-hybridized carbons (Fsp3) is 0.176. The van der Waals surface area contributed by atoms with Crippen molar-refractivity contribution in [2.45, 2.75) is 19.9 Å². The van der Waals surface area contributed by atoms with Gasteiger partial charge in [-0.05, 0) is 31.5 Å². The second-order valence-electron chi connectivity index (χ2n) is 5.59. The number of imidazole rings is 1. The van der Waals surface area contributed by atoms with Crippen molar-refractivity contribution in [3.8, 4) is 0 Å². The zero-order valence-electron chi connectivity index (χ0n) is 13.2. The van der Waals surface area contributed by atoms with E-state index >= 15 is 0 Å². The summed E-state index contributed by atoms with van der Waals surface area (Å²) in [7, 11) is 0. The van der Waals surface area contributed by atoms with Crippen LogP contribution in [0, 0.1) is 17.0 Å². The lowest BCUT2D eigenvalue weighted by atomic mass is 10.1. The second kappa shape index (κ2) is 6.11. The van der Waals surface area contributed by atoms with Crippen molar-refractivity contribution in [2.75, 3.05) is 0 Å². The van der Waals surface area contributed by atoms with Gasteiger partial charge in [-0.25, -0.2) is 4.98 Å². The Kier molecular flexibility index (Phi) is 3.99. The van der Waals surface area contributed by atoms with Crippen molar-refractivity contribution >= 4 is 22.6 Å². The van der Waals surface area contributed by atoms with Gasteiger partial charge >= 0.3 is 0 Å². The molecule has 24 heavy (non-hydrogen) atoms. The van der Waals surface area contributed by atoms with Crippen LogP contribution in [-0.2, 0) is 0 Å². The quantitative estimate of drug-likeness (QED) is 0.568. The maximum absolute atomic E-state index is 12.4. The van der Waals surface area contributed by atoms with Crippen molar-refractivity contribution in [3.63, 3.8) is 0 Å². The zero-order valence-corrected chi connectivity index (χ0v) is 13.2. The van der Waals surface area contributed by atoms with E-state index in [4.69, 9.17) is 0 Å². The predicted octanol–water partition coefficient (Wildman–Crippen LogP) is 3.27. The van der Waals surface area contributed by atoms with E-state index in [9.17, 15) is 14.9 Å². The van der Waals surface area contributed by atoms with Crippen LogP contribution in [0.3, 0.4) is 0 Å². The molecule has 0 saturated carbocycles. The molecular formula is C17H16N4O3. The van der Waals surface area contributed by atoms with E-state index in [2.05, 4.69) is 15.3 Å². The monoisotopic (exact) mass is 324 g/mol. The number of aromatic amines is 1. The Labute approximate surface area is 137 Å². The molecule has 1 atom stereocenters. The van der Waals surface area contributed by atoms with Crippen LogP contribution >= 0.6 is 0 Å². The topological polar surface area (TPSA) is 101 Å². The van der Waals surface area contributed by atoms with Gasteiger partial charge < -0.3 is 10.3 Å². The highest BCUT2D eigenvalue weighted by Gasteiger charge is 2.17. The van der Waals surface area contributed by atoms with Crippen LogP contribution in [0.1, 0.15) is 34.7 Å². The summed E-state index contributed by atoms with van der Waals surface area (Å²) in [6.07, 6.45) is 0. The van der Waals surface area contributed by atoms with Gasteiger partial charge in [-0.2, -0.15) is 0 Å². The first-order valence-corrected chi connectivity index (χ1v) is 7.46. The fourth-order valence-corrected chi connectivity index (χ4v) is 2.51. The number of aromatic nitrogens is 2. The first-order chi connectivity index (χ1) is 11.5. The molecule has 2 N–H and O–H groups in total. The minimum absolute atomic E-state index is 0.00528. The summed E-state index contributed by atoms with van der Waals surface area (Å²) in [6, 6.07) is 11.4. The van der Waals surface area contributed by atoms with Gasteiger partial charge in [0, 0.05) is 17.7 Å². The van der Waals surface area contributed by atoms with E-state index in [-0.39, 0.29) is 17.6 Å². The lowest BCUT2D eigenvalue weighted by Crippen LogP contribution is -2.27. The Morgan fingerprint density at radius 3 is 2.75 bits per heavy atom. The number of nitro benzene ring substituents is 1. The van der Waals surface area contributed by atoms with E-state index < -0.39 is 4.92 Å². The van der Waals surface area contributed by atoms with Gasteiger partial charge in [0.15, 0.2) is 0 Å². The number of amides is 1. The number of H-pyrrole nitrogens is 1. The van der Waals surface area contributed by atoms with Gasteiger partial charge in [-0.1, -0.05) is 18.2 Å². The number of aryl methyl sites for hydroxylation is 1. The van der Waals surface area contributed by atoms with Crippen LogP contribution in [0.5, 0.6) is 0 Å². The van der Waals surface area contributed by atoms with Gasteiger partial charge in [0.05, 0.1) is 22.0 Å². The second-order valence-corrected chi connectivity index (χ2v) is 5.59. The Balaban J connectivity index is 1.83. The molecule has 1 unspecified atom stereocenters. The molecule has 1 heterocycles. The van der Waals surface area contributed by atoms with Crippen molar-refractivity contribution in [2.24, 2.45) is 0 Å². The summed E-state index contributed by atoms with van der Waals surface area (Å²) in [5, 5.41) is 13.7. The fourth-order valence-electron chi connectivity index (χ4n) is 2.51. The first-order valence-electron chi connectivity index (χ1n) is 7.46. The van der Waals surface area contributed by atoms with Crippen LogP contribution in [0.25, 0.3) is 11.0 Å². The van der Waals surface area contributed by atoms with Gasteiger partial charge in [0.25, 0.3) is 11.6 Å². The Hall–Kier alpha value is -3.22. The molecule has 0 aliphatic rings. The first kappa shape index (κ1) is 15.7. The van der Waals surface area contributed by atoms with E-state index in [0.29, 0.717) is 22.4 Å². The van der Waals surface area contributed by atoms with Crippen LogP contribution in [0.15, 0.2) is 42.5 Å². The van der Waals surface area contributed by atoms with Crippen molar-refractivity contribution in [1.82, 2.24) is 15.3 Å². The molecule has 3 rings (SSSR count). The number of carbonyl (C=O) groups excluding carboxylic acids is 1. The molecule has 122 valence electrons. The highest BCUT2D eigenvalue weighted by molar-refractivity contribution is 5.95. The number of nitrogens with one attached hydrogen (secondary N) is 2. The number of carbonyl (C=O) groups is 1. The Morgan fingerprint density at radius 2 is 2.04 bits per heavy atom. The molecule has 7 heteroatoms. The number of fused-ring (bicyclic) bond motifs is 1. The van der Waals surface area contributed by atoms with Gasteiger partial charge in [-0.3, -0.25) is 14.9 Å². The third kappa shape index (κ3) is 2.96. The highest BCUT2D eigenvalue weighted by Crippen LogP contribution is 2.21. The van der Waals surface area contributed by atoms with Crippen LogP contribution < -0.4 is 5.32 Å². The third-order valence-corrected chi connectivity index (χ3v) is 3.84. The van der Waals surface area contributed by atoms with E-state index in [1.165, 1.54) is 12.1 Å². The summed E-state index contributed by atoms with van der Waals surface area (Å²) in [5.41, 5.74) is 2.68. The SMILES string of the molecule is Cc1ccccc1C(=O)NC(C)c1nc2ccc([N+](=O)[O-])cc2[nH]1. The normalized spacial score (nSPS) is 12.1. The van der Waals surface area contributed by atoms with Gasteiger partial charge in [0.2, 0.25) is 0 Å². The van der Waals surface area contributed by atoms with Crippen LogP contribution in [-0.4, -0.2) is 20.8 Å². The molecular weight excluding hydrogens is 308 g/mol. The van der Waals surface area contributed by atoms with Crippen molar-refractivity contribution < 1.29 is 9.72 Å². The molecule has 0 fully saturated rings. The molecule has 1 aromatic heterocycles. The number of benzene rings is 2. The number of hydrogen-bond acceptors (Lipinski definition) is 4. The molecule has 3 aromatic rings. The summed E-state index contributed by atoms with van der Waals surface area (Å²) < 4.78 is 0. The van der Waals surface area contributed by atoms with Crippen LogP contribution in [0.2, 0.25) is 0 Å². The molecule has 7 nitrogen and oxygen atoms in total. The molecule has 0 aliphatic heterocycles. The van der Waals surface area contributed by atoms with E-state index in [1.807, 2.05) is 32.0 Å². The van der Waals surface area contributed by atoms with Gasteiger partial charge in [0.1, 0.15) is 5.82 Å². The van der Waals surface area contributed by atoms with Crippen molar-refractivity contribution in [1.29, 1.82) is 0 Å². The van der Waals surface area contributed by atoms with Crippen LogP contribution in [0.4, 0.5) is 5.69 Å². The standard InChI is InChI=1S/C17H16N4O3/c1-10-5-3-4-6-13(10)17(22)18-11(2)16-19-14-8-7-12(21(23)24)9-15(14)20-16/h3-9,11H,1-2H3,(H,18,22)(H,19,20). The smallest absolute Gasteiger partial charge is 0.271 e. The average Bonchev–Trinajstić information content (AvgIpc) is 2.98. The molecule has 0 bridgehead atoms. The average molecular weight is 324 g/mol.